The summed E-state index contributed by atoms with van der Waals surface area (Å²) < 4.78 is 66.6. The number of halogens is 4. The predicted molar refractivity (Wildman–Crippen MR) is 147 cm³/mol. The minimum Gasteiger partial charge on any atom is -0.457 e. The van der Waals surface area contributed by atoms with Crippen molar-refractivity contribution in [3.8, 4) is 0 Å². The van der Waals surface area contributed by atoms with Gasteiger partial charge in [-0.1, -0.05) is 0 Å². The van der Waals surface area contributed by atoms with Gasteiger partial charge in [-0.05, 0) is 51.7 Å². The van der Waals surface area contributed by atoms with Gasteiger partial charge in [-0.15, -0.1) is 0 Å². The van der Waals surface area contributed by atoms with Gasteiger partial charge in [-0.2, -0.15) is 13.2 Å². The van der Waals surface area contributed by atoms with E-state index in [-0.39, 0.29) is 43.2 Å². The molecule has 4 aliphatic rings. The number of fused-ring (bicyclic) bond motifs is 1. The summed E-state index contributed by atoms with van der Waals surface area (Å²) in [7, 11) is 0. The molecule has 6 rings (SSSR count). The SMILES string of the molecule is CC1(C)C(=O)N(c2ccc(N3CCOCC3)c(F)c2)c2nc(COC(=N)N3CCC[C@@H]3C(F)(F)F)nc(NC3CC3)c21. The number of benzene rings is 1. The molecule has 0 bridgehead atoms. The number of ether oxygens (including phenoxy) is 2. The monoisotopic (exact) mass is 591 g/mol. The fourth-order valence-corrected chi connectivity index (χ4v) is 5.81. The highest BCUT2D eigenvalue weighted by Crippen LogP contribution is 2.48. The molecule has 3 fully saturated rings. The average molecular weight is 592 g/mol. The number of alkyl halides is 3. The van der Waals surface area contributed by atoms with E-state index < -0.39 is 29.5 Å². The number of hydrogen-bond acceptors (Lipinski definition) is 8. The molecule has 1 atom stereocenters. The van der Waals surface area contributed by atoms with Crippen LogP contribution in [0.15, 0.2) is 18.2 Å². The topological polar surface area (TPSA) is 107 Å². The van der Waals surface area contributed by atoms with Crippen molar-refractivity contribution in [3.05, 3.63) is 35.4 Å². The number of anilines is 4. The van der Waals surface area contributed by atoms with Crippen LogP contribution < -0.4 is 15.1 Å². The van der Waals surface area contributed by atoms with E-state index in [0.717, 1.165) is 17.7 Å². The van der Waals surface area contributed by atoms with Crippen LogP contribution >= 0.6 is 0 Å². The quantitative estimate of drug-likeness (QED) is 0.288. The average Bonchev–Trinajstić information content (AvgIpc) is 3.55. The Morgan fingerprint density at radius 2 is 1.90 bits per heavy atom. The number of amides is 1. The third-order valence-corrected chi connectivity index (χ3v) is 8.20. The Balaban J connectivity index is 1.32. The maximum atomic E-state index is 15.4. The van der Waals surface area contributed by atoms with Gasteiger partial charge >= 0.3 is 6.18 Å². The molecular formula is C28H33F4N7O3. The van der Waals surface area contributed by atoms with E-state index in [2.05, 4.69) is 15.3 Å². The van der Waals surface area contributed by atoms with Gasteiger partial charge in [0.1, 0.15) is 23.5 Å². The van der Waals surface area contributed by atoms with E-state index in [0.29, 0.717) is 55.5 Å². The lowest BCUT2D eigenvalue weighted by Crippen LogP contribution is -2.45. The number of amidine groups is 1. The molecule has 0 unspecified atom stereocenters. The van der Waals surface area contributed by atoms with Gasteiger partial charge in [0.2, 0.25) is 5.91 Å². The van der Waals surface area contributed by atoms with Gasteiger partial charge < -0.3 is 24.6 Å². The van der Waals surface area contributed by atoms with E-state index in [9.17, 15) is 18.0 Å². The minimum absolute atomic E-state index is 0.0605. The van der Waals surface area contributed by atoms with Gasteiger partial charge in [0.15, 0.2) is 12.4 Å². The number of likely N-dealkylation sites (tertiary alicyclic amines) is 1. The minimum atomic E-state index is -4.48. The Labute approximate surface area is 240 Å². The second-order valence-electron chi connectivity index (χ2n) is 11.6. The van der Waals surface area contributed by atoms with Crippen LogP contribution in [-0.4, -0.2) is 77.9 Å². The Bertz CT molecular complexity index is 1390. The van der Waals surface area contributed by atoms with Crippen molar-refractivity contribution in [2.75, 3.05) is 48.0 Å². The number of rotatable bonds is 6. The summed E-state index contributed by atoms with van der Waals surface area (Å²) in [6.45, 7) is 5.30. The predicted octanol–water partition coefficient (Wildman–Crippen LogP) is 4.46. The summed E-state index contributed by atoms with van der Waals surface area (Å²) in [5, 5.41) is 11.5. The number of morpholine rings is 1. The molecule has 2 saturated heterocycles. The van der Waals surface area contributed by atoms with Crippen LogP contribution in [0.25, 0.3) is 0 Å². The summed E-state index contributed by atoms with van der Waals surface area (Å²) >= 11 is 0. The molecule has 10 nitrogen and oxygen atoms in total. The molecule has 1 saturated carbocycles. The first-order chi connectivity index (χ1) is 19.9. The van der Waals surface area contributed by atoms with Crippen molar-refractivity contribution in [1.29, 1.82) is 5.41 Å². The van der Waals surface area contributed by atoms with Gasteiger partial charge in [0.05, 0.1) is 35.6 Å². The van der Waals surface area contributed by atoms with Crippen molar-refractivity contribution >= 4 is 34.9 Å². The fourth-order valence-electron chi connectivity index (χ4n) is 5.81. The molecule has 3 aliphatic heterocycles. The summed E-state index contributed by atoms with van der Waals surface area (Å²) in [4.78, 5) is 27.1. The molecule has 0 spiro atoms. The summed E-state index contributed by atoms with van der Waals surface area (Å²) in [5.74, 6) is -0.0413. The molecule has 4 heterocycles. The standard InChI is InChI=1S/C28H33F4N7O3/c1-27(2)22-23(34-16-5-6-16)35-21(15-42-26(33)38-9-3-4-20(38)28(30,31)32)36-24(22)39(25(27)40)17-7-8-19(18(29)14-17)37-10-12-41-13-11-37/h7-8,14,16,20,33H,3-6,9-13,15H2,1-2H3,(H,34,35,36)/t20-/m1/s1. The van der Waals surface area contributed by atoms with E-state index in [4.69, 9.17) is 14.9 Å². The molecule has 42 heavy (non-hydrogen) atoms. The number of carbonyl (C=O) groups is 1. The number of hydrogen-bond donors (Lipinski definition) is 2. The zero-order chi connectivity index (χ0) is 29.8. The first-order valence-corrected chi connectivity index (χ1v) is 14.1. The summed E-state index contributed by atoms with van der Waals surface area (Å²) in [6.07, 6.45) is -2.43. The molecule has 2 N–H and O–H groups in total. The van der Waals surface area contributed by atoms with Crippen LogP contribution in [-0.2, 0) is 26.3 Å². The highest BCUT2D eigenvalue weighted by atomic mass is 19.4. The zero-order valence-electron chi connectivity index (χ0n) is 23.4. The third-order valence-electron chi connectivity index (χ3n) is 8.20. The molecule has 2 aromatic rings. The van der Waals surface area contributed by atoms with Crippen LogP contribution in [0.4, 0.5) is 40.6 Å². The van der Waals surface area contributed by atoms with Crippen LogP contribution in [0, 0.1) is 11.2 Å². The van der Waals surface area contributed by atoms with E-state index in [1.807, 2.05) is 4.90 Å². The first kappa shape index (κ1) is 28.4. The smallest absolute Gasteiger partial charge is 0.408 e. The van der Waals surface area contributed by atoms with Gasteiger partial charge in [-0.25, -0.2) is 14.4 Å². The molecule has 14 heteroatoms. The Hall–Kier alpha value is -3.68. The molecular weight excluding hydrogens is 558 g/mol. The van der Waals surface area contributed by atoms with Crippen LogP contribution in [0.5, 0.6) is 0 Å². The lowest BCUT2D eigenvalue weighted by atomic mass is 9.87. The van der Waals surface area contributed by atoms with Crippen molar-refractivity contribution in [2.24, 2.45) is 0 Å². The maximum Gasteiger partial charge on any atom is 0.408 e. The number of carbonyl (C=O) groups excluding carboxylic acids is 1. The summed E-state index contributed by atoms with van der Waals surface area (Å²) in [6, 6.07) is 2.40. The normalized spacial score (nSPS) is 22.0. The number of nitrogens with one attached hydrogen (secondary N) is 2. The number of aromatic nitrogens is 2. The molecule has 1 aromatic heterocycles. The van der Waals surface area contributed by atoms with Crippen LogP contribution in [0.3, 0.4) is 0 Å². The van der Waals surface area contributed by atoms with Crippen LogP contribution in [0.1, 0.15) is 50.9 Å². The van der Waals surface area contributed by atoms with Crippen molar-refractivity contribution in [2.45, 2.75) is 69.8 Å². The third kappa shape index (κ3) is 5.20. The molecule has 0 radical (unpaired) electrons. The van der Waals surface area contributed by atoms with Gasteiger partial charge in [0, 0.05) is 31.7 Å². The van der Waals surface area contributed by atoms with Crippen LogP contribution in [0.2, 0.25) is 0 Å². The lowest BCUT2D eigenvalue weighted by molar-refractivity contribution is -0.169. The van der Waals surface area contributed by atoms with Gasteiger partial charge in [0.25, 0.3) is 6.02 Å². The largest absolute Gasteiger partial charge is 0.457 e. The Morgan fingerprint density at radius 1 is 1.17 bits per heavy atom. The highest BCUT2D eigenvalue weighted by molar-refractivity contribution is 6.12. The molecule has 1 aliphatic carbocycles. The second-order valence-corrected chi connectivity index (χ2v) is 11.6. The van der Waals surface area contributed by atoms with Gasteiger partial charge in [-0.3, -0.25) is 15.1 Å². The van der Waals surface area contributed by atoms with E-state index in [1.54, 1.807) is 26.0 Å². The molecule has 226 valence electrons. The first-order valence-electron chi connectivity index (χ1n) is 14.1. The lowest BCUT2D eigenvalue weighted by Gasteiger charge is -2.29. The number of nitrogens with zero attached hydrogens (tertiary/aromatic N) is 5. The summed E-state index contributed by atoms with van der Waals surface area (Å²) in [5.41, 5.74) is 0.210. The van der Waals surface area contributed by atoms with E-state index >= 15 is 4.39 Å². The van der Waals surface area contributed by atoms with Crippen molar-refractivity contribution < 1.29 is 31.8 Å². The van der Waals surface area contributed by atoms with Crippen molar-refractivity contribution in [3.63, 3.8) is 0 Å². The molecule has 1 aromatic carbocycles. The second kappa shape index (κ2) is 10.5. The maximum absolute atomic E-state index is 15.4. The van der Waals surface area contributed by atoms with Crippen molar-refractivity contribution in [1.82, 2.24) is 14.9 Å². The molecule has 1 amide bonds. The zero-order valence-corrected chi connectivity index (χ0v) is 23.4. The van der Waals surface area contributed by atoms with E-state index in [1.165, 1.54) is 11.0 Å². The fraction of sp³-hybridized carbons (Fsp3) is 0.571. The Kier molecular flexibility index (Phi) is 7.14. The Morgan fingerprint density at radius 3 is 2.57 bits per heavy atom. The highest BCUT2D eigenvalue weighted by Gasteiger charge is 2.50.